The predicted molar refractivity (Wildman–Crippen MR) is 278 cm³/mol. The molecule has 0 aliphatic carbocycles. The third-order valence-electron chi connectivity index (χ3n) is 12.9. The number of rotatable bonds is 52. The molecular formula is C58H109NO5. The van der Waals surface area contributed by atoms with E-state index in [9.17, 15) is 19.8 Å². The molecule has 0 aliphatic rings. The van der Waals surface area contributed by atoms with Crippen LogP contribution >= 0.6 is 0 Å². The summed E-state index contributed by atoms with van der Waals surface area (Å²) >= 11 is 0. The first-order chi connectivity index (χ1) is 31.5. The van der Waals surface area contributed by atoms with E-state index in [1.165, 1.54) is 205 Å². The Bertz CT molecular complexity index is 1040. The lowest BCUT2D eigenvalue weighted by molar-refractivity contribution is -0.143. The molecule has 0 aromatic rings. The van der Waals surface area contributed by atoms with E-state index in [4.69, 9.17) is 4.74 Å². The lowest BCUT2D eigenvalue weighted by atomic mass is 10.0. The van der Waals surface area contributed by atoms with Crippen molar-refractivity contribution in [3.05, 3.63) is 36.5 Å². The van der Waals surface area contributed by atoms with Crippen LogP contribution in [0.2, 0.25) is 0 Å². The van der Waals surface area contributed by atoms with E-state index in [0.29, 0.717) is 25.9 Å². The number of carbonyl (C=O) groups is 2. The molecule has 6 heteroatoms. The standard InChI is InChI=1S/C58H109NO5/c1-3-5-7-9-11-13-15-16-29-32-36-40-44-48-52-58(63)64-53-49-45-41-37-33-30-27-25-23-21-19-17-18-20-22-24-26-28-31-35-39-43-47-51-57(62)59-55(54-60)56(61)50-46-42-38-34-14-12-10-8-6-4-2/h15-17,19-20,22,55-56,60-61H,3-14,18,21,23-54H2,1-2H3,(H,59,62)/b16-15-,19-17-,22-20-. The average Bonchev–Trinajstić information content (AvgIpc) is 3.29. The first kappa shape index (κ1) is 62.1. The normalized spacial score (nSPS) is 12.9. The Morgan fingerprint density at radius 3 is 1.20 bits per heavy atom. The Balaban J connectivity index is 3.44. The quantitative estimate of drug-likeness (QED) is 0.0321. The van der Waals surface area contributed by atoms with Crippen molar-refractivity contribution in [1.29, 1.82) is 0 Å². The molecule has 2 atom stereocenters. The van der Waals surface area contributed by atoms with Crippen LogP contribution in [0, 0.1) is 0 Å². The van der Waals surface area contributed by atoms with Gasteiger partial charge in [0.1, 0.15) is 0 Å². The molecule has 0 bridgehead atoms. The smallest absolute Gasteiger partial charge is 0.305 e. The third-order valence-corrected chi connectivity index (χ3v) is 12.9. The Labute approximate surface area is 398 Å². The van der Waals surface area contributed by atoms with Gasteiger partial charge in [-0.2, -0.15) is 0 Å². The van der Waals surface area contributed by atoms with Crippen LogP contribution in [0.1, 0.15) is 296 Å². The van der Waals surface area contributed by atoms with Gasteiger partial charge in [0.05, 0.1) is 25.4 Å². The van der Waals surface area contributed by atoms with Crippen molar-refractivity contribution in [2.45, 2.75) is 309 Å². The number of unbranched alkanes of at least 4 members (excludes halogenated alkanes) is 35. The zero-order valence-corrected chi connectivity index (χ0v) is 42.8. The van der Waals surface area contributed by atoms with Crippen LogP contribution in [-0.4, -0.2) is 47.4 Å². The number of nitrogens with one attached hydrogen (secondary N) is 1. The molecule has 0 saturated carbocycles. The van der Waals surface area contributed by atoms with Gasteiger partial charge in [-0.05, 0) is 83.5 Å². The number of aliphatic hydroxyl groups excluding tert-OH is 2. The van der Waals surface area contributed by atoms with E-state index in [1.807, 2.05) is 0 Å². The number of hydrogen-bond donors (Lipinski definition) is 3. The molecule has 0 heterocycles. The van der Waals surface area contributed by atoms with E-state index < -0.39 is 12.1 Å². The van der Waals surface area contributed by atoms with Gasteiger partial charge in [-0.1, -0.05) is 237 Å². The molecule has 0 fully saturated rings. The van der Waals surface area contributed by atoms with Crippen LogP contribution in [0.15, 0.2) is 36.5 Å². The topological polar surface area (TPSA) is 95.9 Å². The summed E-state index contributed by atoms with van der Waals surface area (Å²) < 4.78 is 5.47. The summed E-state index contributed by atoms with van der Waals surface area (Å²) in [4.78, 5) is 24.4. The van der Waals surface area contributed by atoms with Gasteiger partial charge in [0.2, 0.25) is 5.91 Å². The highest BCUT2D eigenvalue weighted by atomic mass is 16.5. The van der Waals surface area contributed by atoms with E-state index in [1.54, 1.807) is 0 Å². The van der Waals surface area contributed by atoms with Crippen LogP contribution in [-0.2, 0) is 14.3 Å². The van der Waals surface area contributed by atoms with Crippen molar-refractivity contribution in [2.24, 2.45) is 0 Å². The average molecular weight is 901 g/mol. The molecular weight excluding hydrogens is 791 g/mol. The molecule has 64 heavy (non-hydrogen) atoms. The molecule has 0 saturated heterocycles. The minimum Gasteiger partial charge on any atom is -0.466 e. The summed E-state index contributed by atoms with van der Waals surface area (Å²) in [5.41, 5.74) is 0. The number of esters is 1. The first-order valence-electron chi connectivity index (χ1n) is 28.2. The van der Waals surface area contributed by atoms with Crippen molar-refractivity contribution in [3.8, 4) is 0 Å². The van der Waals surface area contributed by atoms with E-state index in [2.05, 4.69) is 55.6 Å². The Hall–Kier alpha value is -1.92. The monoisotopic (exact) mass is 900 g/mol. The van der Waals surface area contributed by atoms with Gasteiger partial charge < -0.3 is 20.3 Å². The third kappa shape index (κ3) is 49.5. The van der Waals surface area contributed by atoms with Gasteiger partial charge >= 0.3 is 5.97 Å². The van der Waals surface area contributed by atoms with Gasteiger partial charge in [0.25, 0.3) is 0 Å². The number of amides is 1. The number of allylic oxidation sites excluding steroid dienone is 6. The second-order valence-corrected chi connectivity index (χ2v) is 19.3. The Morgan fingerprint density at radius 1 is 0.438 bits per heavy atom. The Morgan fingerprint density at radius 2 is 0.781 bits per heavy atom. The van der Waals surface area contributed by atoms with Gasteiger partial charge in [0.15, 0.2) is 0 Å². The fourth-order valence-corrected chi connectivity index (χ4v) is 8.55. The number of ether oxygens (including phenoxy) is 1. The molecule has 0 spiro atoms. The SMILES string of the molecule is CCCCCCC/C=C\CCCCCCCC(=O)OCCCCCCCCCCC/C=C\C/C=C\CCCCCCCCCC(=O)NC(CO)C(O)CCCCCCCCCCCC. The van der Waals surface area contributed by atoms with Crippen molar-refractivity contribution in [3.63, 3.8) is 0 Å². The van der Waals surface area contributed by atoms with Crippen LogP contribution < -0.4 is 5.32 Å². The van der Waals surface area contributed by atoms with Crippen molar-refractivity contribution < 1.29 is 24.5 Å². The molecule has 2 unspecified atom stereocenters. The van der Waals surface area contributed by atoms with Crippen molar-refractivity contribution in [2.75, 3.05) is 13.2 Å². The van der Waals surface area contributed by atoms with Crippen molar-refractivity contribution >= 4 is 11.9 Å². The number of carbonyl (C=O) groups excluding carboxylic acids is 2. The summed E-state index contributed by atoms with van der Waals surface area (Å²) in [7, 11) is 0. The predicted octanol–water partition coefficient (Wildman–Crippen LogP) is 17.2. The van der Waals surface area contributed by atoms with Gasteiger partial charge in [-0.3, -0.25) is 9.59 Å². The van der Waals surface area contributed by atoms with Gasteiger partial charge in [-0.15, -0.1) is 0 Å². The highest BCUT2D eigenvalue weighted by molar-refractivity contribution is 5.76. The first-order valence-corrected chi connectivity index (χ1v) is 28.2. The van der Waals surface area contributed by atoms with E-state index in [-0.39, 0.29) is 18.5 Å². The molecule has 3 N–H and O–H groups in total. The maximum atomic E-state index is 12.4. The minimum atomic E-state index is -0.669. The summed E-state index contributed by atoms with van der Waals surface area (Å²) in [6.45, 7) is 4.92. The van der Waals surface area contributed by atoms with Gasteiger partial charge in [-0.25, -0.2) is 0 Å². The highest BCUT2D eigenvalue weighted by Gasteiger charge is 2.20. The minimum absolute atomic E-state index is 0.00194. The van der Waals surface area contributed by atoms with Crippen LogP contribution in [0.5, 0.6) is 0 Å². The summed E-state index contributed by atoms with van der Waals surface area (Å²) in [5, 5.41) is 23.1. The fourth-order valence-electron chi connectivity index (χ4n) is 8.55. The summed E-state index contributed by atoms with van der Waals surface area (Å²) in [6, 6.07) is -0.547. The molecule has 0 aromatic heterocycles. The highest BCUT2D eigenvalue weighted by Crippen LogP contribution is 2.16. The van der Waals surface area contributed by atoms with Crippen LogP contribution in [0.3, 0.4) is 0 Å². The molecule has 6 nitrogen and oxygen atoms in total. The molecule has 376 valence electrons. The molecule has 0 rings (SSSR count). The van der Waals surface area contributed by atoms with E-state index in [0.717, 1.165) is 57.8 Å². The zero-order chi connectivity index (χ0) is 46.5. The zero-order valence-electron chi connectivity index (χ0n) is 42.8. The maximum absolute atomic E-state index is 12.4. The van der Waals surface area contributed by atoms with Gasteiger partial charge in [0, 0.05) is 12.8 Å². The fraction of sp³-hybridized carbons (Fsp3) is 0.862. The van der Waals surface area contributed by atoms with E-state index >= 15 is 0 Å². The number of hydrogen-bond acceptors (Lipinski definition) is 5. The second-order valence-electron chi connectivity index (χ2n) is 19.3. The molecule has 0 aromatic carbocycles. The molecule has 1 amide bonds. The molecule has 0 radical (unpaired) electrons. The van der Waals surface area contributed by atoms with Crippen LogP contribution in [0.25, 0.3) is 0 Å². The lowest BCUT2D eigenvalue weighted by Gasteiger charge is -2.22. The maximum Gasteiger partial charge on any atom is 0.305 e. The van der Waals surface area contributed by atoms with Crippen molar-refractivity contribution in [1.82, 2.24) is 5.32 Å². The number of aliphatic hydroxyl groups is 2. The van der Waals surface area contributed by atoms with Crippen LogP contribution in [0.4, 0.5) is 0 Å². The summed E-state index contributed by atoms with van der Waals surface area (Å²) in [6.07, 6.45) is 65.7. The molecule has 0 aliphatic heterocycles. The summed E-state index contributed by atoms with van der Waals surface area (Å²) in [5.74, 6) is -0.0494. The lowest BCUT2D eigenvalue weighted by Crippen LogP contribution is -2.45. The largest absolute Gasteiger partial charge is 0.466 e. The second kappa shape index (κ2) is 53.7. The Kier molecular flexibility index (Phi) is 52.1.